The maximum Gasteiger partial charge on any atom is 0.122 e. The van der Waals surface area contributed by atoms with E-state index in [1.165, 1.54) is 82.5 Å². The van der Waals surface area contributed by atoms with Crippen molar-refractivity contribution in [1.82, 2.24) is 0 Å². The first-order chi connectivity index (χ1) is 11.9. The summed E-state index contributed by atoms with van der Waals surface area (Å²) in [7, 11) is 0. The summed E-state index contributed by atoms with van der Waals surface area (Å²) in [5.74, 6) is 0.912. The second-order valence-corrected chi connectivity index (χ2v) is 6.46. The zero-order chi connectivity index (χ0) is 17.3. The summed E-state index contributed by atoms with van der Waals surface area (Å²) >= 11 is 0. The van der Waals surface area contributed by atoms with Gasteiger partial charge in [-0.25, -0.2) is 0 Å². The van der Waals surface area contributed by atoms with Crippen LogP contribution in [0, 0.1) is 0 Å². The first-order valence-electron chi connectivity index (χ1n) is 9.81. The minimum Gasteiger partial charge on any atom is -0.498 e. The van der Waals surface area contributed by atoms with E-state index >= 15 is 0 Å². The zero-order valence-corrected chi connectivity index (χ0v) is 15.6. The molecular weight excluding hydrogens is 296 g/mol. The van der Waals surface area contributed by atoms with Crippen molar-refractivity contribution in [2.24, 2.45) is 0 Å². The van der Waals surface area contributed by atoms with Crippen LogP contribution in [0.4, 0.5) is 0 Å². The lowest BCUT2D eigenvalue weighted by molar-refractivity contribution is 0.179. The molecule has 2 nitrogen and oxygen atoms in total. The molecular formula is C22H36O2. The second kappa shape index (κ2) is 15.1. The van der Waals surface area contributed by atoms with Gasteiger partial charge in [0, 0.05) is 0 Å². The Bertz CT molecular complexity index is 397. The molecule has 0 heterocycles. The molecule has 1 aromatic rings. The van der Waals surface area contributed by atoms with E-state index in [0.29, 0.717) is 13.2 Å². The van der Waals surface area contributed by atoms with E-state index in [-0.39, 0.29) is 0 Å². The first kappa shape index (κ1) is 20.6. The molecule has 24 heavy (non-hydrogen) atoms. The number of hydrogen-bond donors (Lipinski definition) is 0. The second-order valence-electron chi connectivity index (χ2n) is 6.46. The Balaban J connectivity index is 1.98. The van der Waals surface area contributed by atoms with E-state index in [1.807, 2.05) is 0 Å². The summed E-state index contributed by atoms with van der Waals surface area (Å²) in [5.41, 5.74) is 1.41. The largest absolute Gasteiger partial charge is 0.498 e. The average molecular weight is 333 g/mol. The molecule has 0 aliphatic heterocycles. The lowest BCUT2D eigenvalue weighted by atomic mass is 10.0. The molecule has 0 bridgehead atoms. The topological polar surface area (TPSA) is 18.5 Å². The fraction of sp³-hybridized carbons (Fsp3) is 0.636. The number of ether oxygens (including phenoxy) is 2. The molecule has 0 aliphatic carbocycles. The maximum absolute atomic E-state index is 5.60. The Hall–Kier alpha value is -1.44. The molecule has 0 fully saturated rings. The molecule has 0 amide bonds. The summed E-state index contributed by atoms with van der Waals surface area (Å²) in [5, 5.41) is 0. The van der Waals surface area contributed by atoms with Gasteiger partial charge >= 0.3 is 0 Å². The summed E-state index contributed by atoms with van der Waals surface area (Å²) in [6, 6.07) is 8.47. The molecule has 0 spiro atoms. The van der Waals surface area contributed by atoms with Crippen molar-refractivity contribution < 1.29 is 9.47 Å². The number of unbranched alkanes of at least 4 members (excludes halogenated alkanes) is 9. The normalized spacial score (nSPS) is 10.5. The average Bonchev–Trinajstić information content (AvgIpc) is 2.61. The Labute approximate surface area is 149 Å². The predicted octanol–water partition coefficient (Wildman–Crippen LogP) is 6.69. The standard InChI is InChI=1S/C22H36O2/c1-3-5-6-7-8-9-10-11-12-13-14-21-15-17-22(18-16-21)24-20-19-23-4-2/h4,15-18H,2-3,5-14,19-20H2,1H3. The summed E-state index contributed by atoms with van der Waals surface area (Å²) in [6.45, 7) is 6.89. The third kappa shape index (κ3) is 11.2. The van der Waals surface area contributed by atoms with Gasteiger partial charge in [0.25, 0.3) is 0 Å². The van der Waals surface area contributed by atoms with Crippen molar-refractivity contribution >= 4 is 0 Å². The third-order valence-electron chi connectivity index (χ3n) is 4.33. The van der Waals surface area contributed by atoms with Gasteiger partial charge in [0.05, 0.1) is 6.26 Å². The summed E-state index contributed by atoms with van der Waals surface area (Å²) in [6.07, 6.45) is 16.5. The highest BCUT2D eigenvalue weighted by molar-refractivity contribution is 5.27. The highest BCUT2D eigenvalue weighted by Crippen LogP contribution is 2.15. The van der Waals surface area contributed by atoms with Gasteiger partial charge in [-0.15, -0.1) is 0 Å². The maximum atomic E-state index is 5.60. The van der Waals surface area contributed by atoms with Crippen LogP contribution in [-0.4, -0.2) is 13.2 Å². The van der Waals surface area contributed by atoms with Gasteiger partial charge in [-0.3, -0.25) is 0 Å². The molecule has 0 N–H and O–H groups in total. The quantitative estimate of drug-likeness (QED) is 0.248. The van der Waals surface area contributed by atoms with Crippen LogP contribution in [0.3, 0.4) is 0 Å². The zero-order valence-electron chi connectivity index (χ0n) is 15.6. The number of rotatable bonds is 16. The molecule has 2 heteroatoms. The van der Waals surface area contributed by atoms with Gasteiger partial charge in [-0.2, -0.15) is 0 Å². The van der Waals surface area contributed by atoms with Crippen LogP contribution in [0.2, 0.25) is 0 Å². The van der Waals surface area contributed by atoms with Gasteiger partial charge in [0.15, 0.2) is 0 Å². The Morgan fingerprint density at radius 2 is 1.38 bits per heavy atom. The van der Waals surface area contributed by atoms with Crippen LogP contribution in [-0.2, 0) is 11.2 Å². The number of aryl methyl sites for hydroxylation is 1. The van der Waals surface area contributed by atoms with Crippen LogP contribution in [0.15, 0.2) is 37.1 Å². The van der Waals surface area contributed by atoms with Crippen LogP contribution in [0.25, 0.3) is 0 Å². The molecule has 0 saturated carbocycles. The van der Waals surface area contributed by atoms with Crippen LogP contribution < -0.4 is 4.74 Å². The van der Waals surface area contributed by atoms with Gasteiger partial charge in [-0.05, 0) is 30.5 Å². The van der Waals surface area contributed by atoms with Crippen LogP contribution >= 0.6 is 0 Å². The van der Waals surface area contributed by atoms with Crippen molar-refractivity contribution in [2.45, 2.75) is 77.6 Å². The summed E-state index contributed by atoms with van der Waals surface area (Å²) < 4.78 is 10.6. The fourth-order valence-electron chi connectivity index (χ4n) is 2.86. The lowest BCUT2D eigenvalue weighted by Crippen LogP contribution is -2.03. The van der Waals surface area contributed by atoms with Gasteiger partial charge in [-0.1, -0.05) is 83.4 Å². The Morgan fingerprint density at radius 1 is 0.792 bits per heavy atom. The van der Waals surface area contributed by atoms with Crippen LogP contribution in [0.5, 0.6) is 5.75 Å². The van der Waals surface area contributed by atoms with E-state index in [9.17, 15) is 0 Å². The molecule has 0 unspecified atom stereocenters. The number of benzene rings is 1. The fourth-order valence-corrected chi connectivity index (χ4v) is 2.86. The van der Waals surface area contributed by atoms with Crippen molar-refractivity contribution in [2.75, 3.05) is 13.2 Å². The molecule has 0 aliphatic rings. The lowest BCUT2D eigenvalue weighted by Gasteiger charge is -2.07. The minimum absolute atomic E-state index is 0.545. The van der Waals surface area contributed by atoms with Crippen molar-refractivity contribution in [3.8, 4) is 5.75 Å². The van der Waals surface area contributed by atoms with Crippen molar-refractivity contribution in [1.29, 1.82) is 0 Å². The van der Waals surface area contributed by atoms with Gasteiger partial charge in [0.1, 0.15) is 19.0 Å². The van der Waals surface area contributed by atoms with Crippen molar-refractivity contribution in [3.63, 3.8) is 0 Å². The highest BCUT2D eigenvalue weighted by Gasteiger charge is 1.97. The smallest absolute Gasteiger partial charge is 0.122 e. The molecule has 136 valence electrons. The van der Waals surface area contributed by atoms with E-state index < -0.39 is 0 Å². The number of hydrogen-bond acceptors (Lipinski definition) is 2. The molecule has 0 aromatic heterocycles. The van der Waals surface area contributed by atoms with E-state index in [2.05, 4.69) is 37.8 Å². The van der Waals surface area contributed by atoms with E-state index in [1.54, 1.807) is 0 Å². The van der Waals surface area contributed by atoms with Crippen molar-refractivity contribution in [3.05, 3.63) is 42.7 Å². The molecule has 0 radical (unpaired) electrons. The van der Waals surface area contributed by atoms with E-state index in [0.717, 1.165) is 5.75 Å². The monoisotopic (exact) mass is 332 g/mol. The highest BCUT2D eigenvalue weighted by atomic mass is 16.5. The predicted molar refractivity (Wildman–Crippen MR) is 104 cm³/mol. The Morgan fingerprint density at radius 3 is 1.96 bits per heavy atom. The summed E-state index contributed by atoms with van der Waals surface area (Å²) in [4.78, 5) is 0. The molecule has 0 saturated heterocycles. The first-order valence-corrected chi connectivity index (χ1v) is 9.81. The molecule has 1 aromatic carbocycles. The Kier molecular flexibility index (Phi) is 13.0. The van der Waals surface area contributed by atoms with Gasteiger partial charge in [0.2, 0.25) is 0 Å². The minimum atomic E-state index is 0.545. The molecule has 1 rings (SSSR count). The van der Waals surface area contributed by atoms with E-state index in [4.69, 9.17) is 9.47 Å². The van der Waals surface area contributed by atoms with Crippen LogP contribution in [0.1, 0.15) is 76.7 Å². The molecule has 0 atom stereocenters. The van der Waals surface area contributed by atoms with Gasteiger partial charge < -0.3 is 9.47 Å². The third-order valence-corrected chi connectivity index (χ3v) is 4.33. The SMILES string of the molecule is C=COCCOc1ccc(CCCCCCCCCCCC)cc1.